The second-order valence-electron chi connectivity index (χ2n) is 7.73. The van der Waals surface area contributed by atoms with E-state index in [4.69, 9.17) is 9.84 Å². The van der Waals surface area contributed by atoms with Crippen LogP contribution in [0.2, 0.25) is 0 Å². The molecule has 0 saturated heterocycles. The summed E-state index contributed by atoms with van der Waals surface area (Å²) in [5, 5.41) is 7.96. The van der Waals surface area contributed by atoms with Gasteiger partial charge in [0.05, 0.1) is 29.7 Å². The molecule has 1 amide bonds. The van der Waals surface area contributed by atoms with Crippen molar-refractivity contribution in [2.75, 3.05) is 7.11 Å². The summed E-state index contributed by atoms with van der Waals surface area (Å²) in [5.41, 5.74) is 4.49. The Morgan fingerprint density at radius 2 is 2.00 bits per heavy atom. The lowest BCUT2D eigenvalue weighted by Crippen LogP contribution is -2.25. The van der Waals surface area contributed by atoms with Crippen molar-refractivity contribution in [3.05, 3.63) is 71.3 Å². The molecule has 1 fully saturated rings. The van der Waals surface area contributed by atoms with E-state index in [0.717, 1.165) is 46.8 Å². The fourth-order valence-corrected chi connectivity index (χ4v) is 3.55. The Morgan fingerprint density at radius 3 is 2.59 bits per heavy atom. The molecule has 0 unspecified atom stereocenters. The van der Waals surface area contributed by atoms with E-state index < -0.39 is 0 Å². The fourth-order valence-electron chi connectivity index (χ4n) is 3.55. The van der Waals surface area contributed by atoms with Crippen LogP contribution in [-0.4, -0.2) is 27.8 Å². The number of carbonyl (C=O) groups is 1. The summed E-state index contributed by atoms with van der Waals surface area (Å²) < 4.78 is 7.20. The first-order chi connectivity index (χ1) is 14.1. The van der Waals surface area contributed by atoms with Crippen LogP contribution in [0.5, 0.6) is 5.75 Å². The molecule has 1 aromatic carbocycles. The molecular formula is C23H26N4O2. The summed E-state index contributed by atoms with van der Waals surface area (Å²) in [7, 11) is 1.65. The lowest BCUT2D eigenvalue weighted by molar-refractivity contribution is 0.0948. The second-order valence-corrected chi connectivity index (χ2v) is 7.73. The van der Waals surface area contributed by atoms with Crippen LogP contribution in [0.25, 0.3) is 5.69 Å². The number of methoxy groups -OCH3 is 1. The summed E-state index contributed by atoms with van der Waals surface area (Å²) in [5.74, 6) is 1.24. The third kappa shape index (κ3) is 4.01. The van der Waals surface area contributed by atoms with Crippen LogP contribution < -0.4 is 10.1 Å². The number of hydrogen-bond acceptors (Lipinski definition) is 4. The third-order valence-electron chi connectivity index (χ3n) is 5.18. The fraction of sp³-hybridized carbons (Fsp3) is 0.348. The first-order valence-corrected chi connectivity index (χ1v) is 10.0. The van der Waals surface area contributed by atoms with Crippen LogP contribution in [0, 0.1) is 0 Å². The number of carbonyl (C=O) groups excluding carboxylic acids is 1. The van der Waals surface area contributed by atoms with Gasteiger partial charge in [-0.2, -0.15) is 5.10 Å². The van der Waals surface area contributed by atoms with E-state index >= 15 is 0 Å². The number of rotatable bonds is 7. The van der Waals surface area contributed by atoms with E-state index in [0.29, 0.717) is 12.5 Å². The smallest absolute Gasteiger partial charge is 0.255 e. The molecule has 1 saturated carbocycles. The van der Waals surface area contributed by atoms with Gasteiger partial charge in [-0.25, -0.2) is 4.68 Å². The average molecular weight is 390 g/mol. The minimum absolute atomic E-state index is 0.0702. The molecule has 2 heterocycles. The Hall–Kier alpha value is -3.15. The van der Waals surface area contributed by atoms with Crippen LogP contribution >= 0.6 is 0 Å². The minimum atomic E-state index is -0.0702. The van der Waals surface area contributed by atoms with Gasteiger partial charge in [0.1, 0.15) is 5.75 Å². The number of nitrogens with zero attached hydrogens (tertiary/aromatic N) is 3. The Balaban J connectivity index is 1.71. The van der Waals surface area contributed by atoms with Crippen LogP contribution in [0.15, 0.2) is 48.8 Å². The summed E-state index contributed by atoms with van der Waals surface area (Å²) in [4.78, 5) is 17.4. The predicted octanol–water partition coefficient (Wildman–Crippen LogP) is 4.21. The van der Waals surface area contributed by atoms with Gasteiger partial charge in [-0.1, -0.05) is 19.9 Å². The maximum absolute atomic E-state index is 13.2. The van der Waals surface area contributed by atoms with E-state index in [1.165, 1.54) is 0 Å². The molecule has 0 bridgehead atoms. The third-order valence-corrected chi connectivity index (χ3v) is 5.18. The molecule has 6 nitrogen and oxygen atoms in total. The number of pyridine rings is 1. The Kier molecular flexibility index (Phi) is 5.34. The van der Waals surface area contributed by atoms with Crippen molar-refractivity contribution < 1.29 is 9.53 Å². The molecule has 29 heavy (non-hydrogen) atoms. The zero-order valence-corrected chi connectivity index (χ0v) is 17.1. The number of amides is 1. The van der Waals surface area contributed by atoms with Crippen LogP contribution in [-0.2, 0) is 6.54 Å². The summed E-state index contributed by atoms with van der Waals surface area (Å²) in [6.45, 7) is 4.65. The van der Waals surface area contributed by atoms with Crippen LogP contribution in [0.3, 0.4) is 0 Å². The van der Waals surface area contributed by atoms with Crippen molar-refractivity contribution >= 4 is 5.91 Å². The van der Waals surface area contributed by atoms with Crippen LogP contribution in [0.4, 0.5) is 0 Å². The minimum Gasteiger partial charge on any atom is -0.497 e. The predicted molar refractivity (Wildman–Crippen MR) is 112 cm³/mol. The standard InChI is InChI=1S/C23H26N4O2/c1-15(2)22-20(23(28)25-14-16-5-4-12-24-13-16)21(17-6-7-17)26-27(22)18-8-10-19(29-3)11-9-18/h4-5,8-13,15,17H,6-7,14H2,1-3H3,(H,25,28). The highest BCUT2D eigenvalue weighted by Crippen LogP contribution is 2.43. The quantitative estimate of drug-likeness (QED) is 0.656. The largest absolute Gasteiger partial charge is 0.497 e. The SMILES string of the molecule is COc1ccc(-n2nc(C3CC3)c(C(=O)NCc3cccnc3)c2C(C)C)cc1. The molecule has 6 heteroatoms. The molecule has 3 aromatic rings. The number of ether oxygens (including phenoxy) is 1. The highest BCUT2D eigenvalue weighted by molar-refractivity contribution is 5.97. The molecular weight excluding hydrogens is 364 g/mol. The monoisotopic (exact) mass is 390 g/mol. The molecule has 2 aromatic heterocycles. The molecule has 1 aliphatic rings. The van der Waals surface area contributed by atoms with Crippen LogP contribution in [0.1, 0.15) is 65.8 Å². The lowest BCUT2D eigenvalue weighted by atomic mass is 10.0. The Labute approximate surface area is 170 Å². The zero-order valence-electron chi connectivity index (χ0n) is 17.1. The zero-order chi connectivity index (χ0) is 20.4. The van der Waals surface area contributed by atoms with Crippen molar-refractivity contribution in [2.24, 2.45) is 0 Å². The summed E-state index contributed by atoms with van der Waals surface area (Å²) >= 11 is 0. The normalized spacial score (nSPS) is 13.5. The average Bonchev–Trinajstić information content (AvgIpc) is 3.51. The lowest BCUT2D eigenvalue weighted by Gasteiger charge is -2.13. The maximum Gasteiger partial charge on any atom is 0.255 e. The number of benzene rings is 1. The van der Waals surface area contributed by atoms with Gasteiger partial charge in [-0.15, -0.1) is 0 Å². The molecule has 150 valence electrons. The second kappa shape index (κ2) is 8.07. The van der Waals surface area contributed by atoms with E-state index in [2.05, 4.69) is 24.1 Å². The van der Waals surface area contributed by atoms with E-state index in [1.54, 1.807) is 19.5 Å². The molecule has 1 N–H and O–H groups in total. The van der Waals surface area contributed by atoms with Crippen molar-refractivity contribution in [1.29, 1.82) is 0 Å². The molecule has 0 radical (unpaired) electrons. The Morgan fingerprint density at radius 1 is 1.24 bits per heavy atom. The molecule has 0 atom stereocenters. The molecule has 0 aliphatic heterocycles. The first-order valence-electron chi connectivity index (χ1n) is 10.0. The summed E-state index contributed by atoms with van der Waals surface area (Å²) in [6, 6.07) is 11.6. The van der Waals surface area contributed by atoms with Gasteiger partial charge in [-0.05, 0) is 54.7 Å². The van der Waals surface area contributed by atoms with Gasteiger partial charge in [-0.3, -0.25) is 9.78 Å². The van der Waals surface area contributed by atoms with E-state index in [1.807, 2.05) is 41.1 Å². The van der Waals surface area contributed by atoms with Crippen molar-refractivity contribution in [2.45, 2.75) is 45.1 Å². The number of nitrogens with one attached hydrogen (secondary N) is 1. The molecule has 1 aliphatic carbocycles. The topological polar surface area (TPSA) is 69.0 Å². The Bertz CT molecular complexity index is 990. The maximum atomic E-state index is 13.2. The van der Waals surface area contributed by atoms with Crippen molar-refractivity contribution in [3.63, 3.8) is 0 Å². The van der Waals surface area contributed by atoms with E-state index in [-0.39, 0.29) is 11.8 Å². The van der Waals surface area contributed by atoms with Gasteiger partial charge >= 0.3 is 0 Å². The van der Waals surface area contributed by atoms with E-state index in [9.17, 15) is 4.79 Å². The van der Waals surface area contributed by atoms with Gasteiger partial charge in [0, 0.05) is 24.9 Å². The van der Waals surface area contributed by atoms with Gasteiger partial charge in [0.25, 0.3) is 5.91 Å². The number of aromatic nitrogens is 3. The molecule has 0 spiro atoms. The van der Waals surface area contributed by atoms with Crippen molar-refractivity contribution in [1.82, 2.24) is 20.1 Å². The van der Waals surface area contributed by atoms with Gasteiger partial charge < -0.3 is 10.1 Å². The van der Waals surface area contributed by atoms with Crippen molar-refractivity contribution in [3.8, 4) is 11.4 Å². The first kappa shape index (κ1) is 19.2. The number of hydrogen-bond donors (Lipinski definition) is 1. The van der Waals surface area contributed by atoms with Gasteiger partial charge in [0.15, 0.2) is 0 Å². The highest BCUT2D eigenvalue weighted by atomic mass is 16.5. The highest BCUT2D eigenvalue weighted by Gasteiger charge is 2.35. The van der Waals surface area contributed by atoms with Gasteiger partial charge in [0.2, 0.25) is 0 Å². The molecule has 4 rings (SSSR count). The summed E-state index contributed by atoms with van der Waals surface area (Å²) in [6.07, 6.45) is 5.67.